The fourth-order valence-corrected chi connectivity index (χ4v) is 1.91. The molecule has 3 amide bonds. The van der Waals surface area contributed by atoms with E-state index in [0.717, 1.165) is 0 Å². The molecule has 0 saturated carbocycles. The highest BCUT2D eigenvalue weighted by Gasteiger charge is 2.42. The monoisotopic (exact) mass is 287 g/mol. The van der Waals surface area contributed by atoms with Crippen molar-refractivity contribution in [3.8, 4) is 0 Å². The molecule has 0 bridgehead atoms. The number of hydrogen-bond donors (Lipinski definition) is 3. The average molecular weight is 287 g/mol. The first-order chi connectivity index (χ1) is 9.41. The molecule has 0 aromatic carbocycles. The van der Waals surface area contributed by atoms with Gasteiger partial charge in [-0.2, -0.15) is 0 Å². The number of carboxylic acid groups (broad SMARTS) is 1. The Kier molecular flexibility index (Phi) is 5.75. The summed E-state index contributed by atoms with van der Waals surface area (Å²) in [6, 6.07) is -0.502. The predicted octanol–water partition coefficient (Wildman–Crippen LogP) is -0.602. The molecule has 8 nitrogen and oxygen atoms in total. The Balaban J connectivity index is 2.57. The number of carboxylic acids is 1. The van der Waals surface area contributed by atoms with E-state index in [1.807, 2.05) is 0 Å². The maximum absolute atomic E-state index is 12.0. The fraction of sp³-hybridized carbons (Fsp3) is 0.750. The minimum atomic E-state index is -1.28. The molecular formula is C12H21N3O5. The van der Waals surface area contributed by atoms with Gasteiger partial charge in [0.2, 0.25) is 5.91 Å². The van der Waals surface area contributed by atoms with Crippen molar-refractivity contribution in [3.05, 3.63) is 0 Å². The third-order valence-electron chi connectivity index (χ3n) is 3.40. The number of hydrogen-bond acceptors (Lipinski definition) is 4. The van der Waals surface area contributed by atoms with Gasteiger partial charge in [0.05, 0.1) is 0 Å². The summed E-state index contributed by atoms with van der Waals surface area (Å²) in [6.07, 6.45) is 0.637. The predicted molar refractivity (Wildman–Crippen MR) is 70.3 cm³/mol. The molecule has 0 aromatic heterocycles. The summed E-state index contributed by atoms with van der Waals surface area (Å²) in [4.78, 5) is 35.8. The molecule has 1 saturated heterocycles. The average Bonchev–Trinajstić information content (AvgIpc) is 2.44. The van der Waals surface area contributed by atoms with E-state index in [4.69, 9.17) is 4.74 Å². The molecule has 0 aliphatic carbocycles. The van der Waals surface area contributed by atoms with Crippen LogP contribution in [0.3, 0.4) is 0 Å². The van der Waals surface area contributed by atoms with Gasteiger partial charge in [-0.15, -0.1) is 0 Å². The van der Waals surface area contributed by atoms with Gasteiger partial charge < -0.3 is 25.4 Å². The van der Waals surface area contributed by atoms with E-state index in [-0.39, 0.29) is 31.7 Å². The zero-order valence-corrected chi connectivity index (χ0v) is 11.8. The molecule has 1 rings (SSSR count). The summed E-state index contributed by atoms with van der Waals surface area (Å²) in [5.74, 6) is -1.24. The molecule has 114 valence electrons. The van der Waals surface area contributed by atoms with Crippen LogP contribution in [0.25, 0.3) is 0 Å². The van der Waals surface area contributed by atoms with Crippen LogP contribution in [0.15, 0.2) is 0 Å². The second-order valence-electron chi connectivity index (χ2n) is 4.77. The number of nitrogens with one attached hydrogen (secondary N) is 2. The largest absolute Gasteiger partial charge is 0.480 e. The second kappa shape index (κ2) is 7.09. The van der Waals surface area contributed by atoms with E-state index in [1.165, 1.54) is 19.0 Å². The number of carbonyl (C=O) groups excluding carboxylic acids is 2. The highest BCUT2D eigenvalue weighted by molar-refractivity contribution is 5.86. The Morgan fingerprint density at radius 2 is 1.90 bits per heavy atom. The summed E-state index contributed by atoms with van der Waals surface area (Å²) < 4.78 is 5.13. The Hall–Kier alpha value is -1.83. The van der Waals surface area contributed by atoms with Gasteiger partial charge in [0.1, 0.15) is 5.54 Å². The summed E-state index contributed by atoms with van der Waals surface area (Å²) >= 11 is 0. The first-order valence-corrected chi connectivity index (χ1v) is 6.46. The number of carbonyl (C=O) groups is 3. The smallest absolute Gasteiger partial charge is 0.329 e. The maximum Gasteiger partial charge on any atom is 0.329 e. The van der Waals surface area contributed by atoms with Gasteiger partial charge in [0.25, 0.3) is 0 Å². The first-order valence-electron chi connectivity index (χ1n) is 6.46. The summed E-state index contributed by atoms with van der Waals surface area (Å²) in [6.45, 7) is 0.820. The third-order valence-corrected chi connectivity index (χ3v) is 3.40. The highest BCUT2D eigenvalue weighted by atomic mass is 16.5. The van der Waals surface area contributed by atoms with Crippen LogP contribution in [-0.2, 0) is 14.3 Å². The van der Waals surface area contributed by atoms with Gasteiger partial charge in [-0.3, -0.25) is 4.79 Å². The number of ether oxygens (including phenoxy) is 1. The Labute approximate surface area is 117 Å². The quantitative estimate of drug-likeness (QED) is 0.625. The van der Waals surface area contributed by atoms with Gasteiger partial charge in [0.15, 0.2) is 0 Å². The number of aliphatic carboxylic acids is 1. The first kappa shape index (κ1) is 16.2. The van der Waals surface area contributed by atoms with Gasteiger partial charge in [-0.05, 0) is 0 Å². The Morgan fingerprint density at radius 3 is 2.40 bits per heavy atom. The molecular weight excluding hydrogens is 266 g/mol. The zero-order valence-electron chi connectivity index (χ0n) is 11.8. The standard InChI is InChI=1S/C12H21N3O5/c1-13-9(16)3-6-15(2)11(19)14-12(10(17)18)4-7-20-8-5-12/h3-8H2,1-2H3,(H,13,16)(H,14,19)(H,17,18). The number of urea groups is 1. The van der Waals surface area contributed by atoms with E-state index in [1.54, 1.807) is 0 Å². The van der Waals surface area contributed by atoms with Crippen molar-refractivity contribution in [2.45, 2.75) is 24.8 Å². The normalized spacial score (nSPS) is 17.1. The molecule has 20 heavy (non-hydrogen) atoms. The molecule has 0 aromatic rings. The van der Waals surface area contributed by atoms with Crippen LogP contribution in [0.4, 0.5) is 4.79 Å². The molecule has 8 heteroatoms. The lowest BCUT2D eigenvalue weighted by Crippen LogP contribution is -2.59. The highest BCUT2D eigenvalue weighted by Crippen LogP contribution is 2.21. The van der Waals surface area contributed by atoms with Crippen molar-refractivity contribution in [2.24, 2.45) is 0 Å². The van der Waals surface area contributed by atoms with Crippen LogP contribution in [0.2, 0.25) is 0 Å². The lowest BCUT2D eigenvalue weighted by molar-refractivity contribution is -0.148. The van der Waals surface area contributed by atoms with Crippen LogP contribution in [0.5, 0.6) is 0 Å². The van der Waals surface area contributed by atoms with Crippen molar-refractivity contribution in [1.82, 2.24) is 15.5 Å². The molecule has 1 aliphatic heterocycles. The van der Waals surface area contributed by atoms with Gasteiger partial charge in [-0.25, -0.2) is 9.59 Å². The van der Waals surface area contributed by atoms with E-state index in [0.29, 0.717) is 13.2 Å². The number of amides is 3. The van der Waals surface area contributed by atoms with Gasteiger partial charge in [-0.1, -0.05) is 0 Å². The fourth-order valence-electron chi connectivity index (χ4n) is 1.91. The minimum absolute atomic E-state index is 0.170. The van der Waals surface area contributed by atoms with Crippen molar-refractivity contribution in [2.75, 3.05) is 33.9 Å². The maximum atomic E-state index is 12.0. The van der Waals surface area contributed by atoms with Crippen LogP contribution < -0.4 is 10.6 Å². The molecule has 1 heterocycles. The molecule has 1 aliphatic rings. The van der Waals surface area contributed by atoms with Gasteiger partial charge >= 0.3 is 12.0 Å². The SMILES string of the molecule is CNC(=O)CCN(C)C(=O)NC1(C(=O)O)CCOCC1. The Morgan fingerprint density at radius 1 is 1.30 bits per heavy atom. The van der Waals surface area contributed by atoms with Crippen molar-refractivity contribution >= 4 is 17.9 Å². The number of nitrogens with zero attached hydrogens (tertiary/aromatic N) is 1. The van der Waals surface area contributed by atoms with Crippen LogP contribution in [0.1, 0.15) is 19.3 Å². The lowest BCUT2D eigenvalue weighted by Gasteiger charge is -2.35. The zero-order chi connectivity index (χ0) is 15.2. The van der Waals surface area contributed by atoms with Crippen molar-refractivity contribution in [1.29, 1.82) is 0 Å². The van der Waals surface area contributed by atoms with E-state index in [9.17, 15) is 19.5 Å². The van der Waals surface area contributed by atoms with Crippen molar-refractivity contribution < 1.29 is 24.2 Å². The van der Waals surface area contributed by atoms with Crippen LogP contribution >= 0.6 is 0 Å². The molecule has 3 N–H and O–H groups in total. The summed E-state index contributed by atoms with van der Waals surface area (Å²) in [7, 11) is 3.04. The van der Waals surface area contributed by atoms with Gasteiger partial charge in [0, 0.05) is 53.1 Å². The molecule has 0 unspecified atom stereocenters. The van der Waals surface area contributed by atoms with Crippen molar-refractivity contribution in [3.63, 3.8) is 0 Å². The number of rotatable bonds is 5. The minimum Gasteiger partial charge on any atom is -0.480 e. The van der Waals surface area contributed by atoms with Crippen LogP contribution in [-0.4, -0.2) is 67.3 Å². The summed E-state index contributed by atoms with van der Waals surface area (Å²) in [5.41, 5.74) is -1.28. The second-order valence-corrected chi connectivity index (χ2v) is 4.77. The molecule has 0 atom stereocenters. The van der Waals surface area contributed by atoms with E-state index in [2.05, 4.69) is 10.6 Å². The lowest BCUT2D eigenvalue weighted by atomic mass is 9.90. The third kappa shape index (κ3) is 4.09. The van der Waals surface area contributed by atoms with E-state index >= 15 is 0 Å². The Bertz CT molecular complexity index is 379. The summed E-state index contributed by atoms with van der Waals surface area (Å²) in [5, 5.41) is 14.3. The van der Waals surface area contributed by atoms with Crippen LogP contribution in [0, 0.1) is 0 Å². The molecule has 0 radical (unpaired) electrons. The molecule has 1 fully saturated rings. The van der Waals surface area contributed by atoms with E-state index < -0.39 is 17.5 Å². The topological polar surface area (TPSA) is 108 Å². The molecule has 0 spiro atoms.